The van der Waals surface area contributed by atoms with E-state index in [4.69, 9.17) is 37.0 Å². The summed E-state index contributed by atoms with van der Waals surface area (Å²) >= 11 is 0. The number of hydrogen-bond donors (Lipinski definition) is 3. The van der Waals surface area contributed by atoms with Gasteiger partial charge in [0.2, 0.25) is 0 Å². The molecular formula is C71H138O17P2. The van der Waals surface area contributed by atoms with Gasteiger partial charge in [-0.25, -0.2) is 9.13 Å². The standard InChI is InChI=1S/C71H138O17P2/c1-9-64(8)50-42-34-29-30-38-46-54-71(76)88-67(58-81-68(73)51-43-35-26-19-15-11-10-13-17-23-31-39-47-61(2)3)60-86-90(79,80)84-56-65(72)55-83-89(77,78)85-59-66(57-82-69(74)52-44-36-27-22-21-25-33-41-49-63(6)7)87-70(75)53-45-37-28-20-16-12-14-18-24-32-40-48-62(4)5/h61-67,72H,9-60H2,1-8H3,(H,77,78)(H,79,80)/t64?,65?,66-,67-/m1/s1. The minimum absolute atomic E-state index is 0.102. The monoisotopic (exact) mass is 1320 g/mol. The summed E-state index contributed by atoms with van der Waals surface area (Å²) in [5, 5.41) is 10.6. The van der Waals surface area contributed by atoms with E-state index in [0.717, 1.165) is 114 Å². The predicted molar refractivity (Wildman–Crippen MR) is 363 cm³/mol. The molecule has 0 fully saturated rings. The zero-order valence-electron chi connectivity index (χ0n) is 58.8. The van der Waals surface area contributed by atoms with E-state index < -0.39 is 97.5 Å². The second kappa shape index (κ2) is 60.7. The summed E-state index contributed by atoms with van der Waals surface area (Å²) in [6.07, 6.45) is 43.1. The van der Waals surface area contributed by atoms with Crippen LogP contribution < -0.4 is 0 Å². The molecule has 0 bridgehead atoms. The van der Waals surface area contributed by atoms with Gasteiger partial charge in [0.05, 0.1) is 26.4 Å². The van der Waals surface area contributed by atoms with Crippen molar-refractivity contribution < 1.29 is 80.2 Å². The average Bonchev–Trinajstić information content (AvgIpc) is 3.70. The Morgan fingerprint density at radius 1 is 0.311 bits per heavy atom. The van der Waals surface area contributed by atoms with Crippen LogP contribution in [0.25, 0.3) is 0 Å². The van der Waals surface area contributed by atoms with Crippen LogP contribution in [0.3, 0.4) is 0 Å². The van der Waals surface area contributed by atoms with Crippen LogP contribution in [0, 0.1) is 23.7 Å². The Hall–Kier alpha value is -1.94. The van der Waals surface area contributed by atoms with Gasteiger partial charge in [-0.2, -0.15) is 0 Å². The Labute approximate surface area is 549 Å². The smallest absolute Gasteiger partial charge is 0.462 e. The highest BCUT2D eigenvalue weighted by Crippen LogP contribution is 2.45. The van der Waals surface area contributed by atoms with E-state index in [9.17, 15) is 43.2 Å². The van der Waals surface area contributed by atoms with E-state index in [1.807, 2.05) is 0 Å². The van der Waals surface area contributed by atoms with Crippen molar-refractivity contribution in [3.8, 4) is 0 Å². The number of carbonyl (C=O) groups is 4. The van der Waals surface area contributed by atoms with Crippen molar-refractivity contribution >= 4 is 39.5 Å². The van der Waals surface area contributed by atoms with Crippen molar-refractivity contribution in [2.45, 2.75) is 369 Å². The van der Waals surface area contributed by atoms with Gasteiger partial charge in [0.25, 0.3) is 0 Å². The third-order valence-electron chi connectivity index (χ3n) is 16.7. The average molecular weight is 1330 g/mol. The fourth-order valence-electron chi connectivity index (χ4n) is 10.6. The normalized spacial score (nSPS) is 14.6. The van der Waals surface area contributed by atoms with Crippen LogP contribution in [0.4, 0.5) is 0 Å². The van der Waals surface area contributed by atoms with E-state index in [1.165, 1.54) is 154 Å². The molecule has 0 saturated heterocycles. The lowest BCUT2D eigenvalue weighted by molar-refractivity contribution is -0.161. The molecule has 0 aliphatic rings. The van der Waals surface area contributed by atoms with E-state index in [1.54, 1.807) is 0 Å². The molecule has 0 saturated carbocycles. The Morgan fingerprint density at radius 3 is 0.789 bits per heavy atom. The minimum Gasteiger partial charge on any atom is -0.462 e. The lowest BCUT2D eigenvalue weighted by atomic mass is 10.00. The van der Waals surface area contributed by atoms with Crippen molar-refractivity contribution in [1.29, 1.82) is 0 Å². The molecule has 0 aromatic carbocycles. The number of hydrogen-bond acceptors (Lipinski definition) is 15. The zero-order chi connectivity index (χ0) is 66.8. The summed E-state index contributed by atoms with van der Waals surface area (Å²) in [5.74, 6) is 0.863. The molecule has 0 aliphatic heterocycles. The van der Waals surface area contributed by atoms with Gasteiger partial charge < -0.3 is 33.8 Å². The first-order chi connectivity index (χ1) is 43.1. The maximum absolute atomic E-state index is 13.0. The highest BCUT2D eigenvalue weighted by molar-refractivity contribution is 7.47. The Kier molecular flexibility index (Phi) is 59.4. The molecule has 0 amide bonds. The van der Waals surface area contributed by atoms with Gasteiger partial charge in [-0.3, -0.25) is 37.3 Å². The van der Waals surface area contributed by atoms with Crippen LogP contribution in [0.1, 0.15) is 351 Å². The minimum atomic E-state index is -4.95. The SMILES string of the molecule is CCC(C)CCCCCCCCC(=O)O[C@H](COC(=O)CCCCCCCCCCCCCCC(C)C)COP(=O)(O)OCC(O)COP(=O)(O)OC[C@@H](COC(=O)CCCCCCCCCCC(C)C)OC(=O)CCCCCCCCCCCCCC(C)C. The largest absolute Gasteiger partial charge is 0.472 e. The summed E-state index contributed by atoms with van der Waals surface area (Å²) in [7, 11) is -9.90. The molecule has 0 rings (SSSR count). The number of ether oxygens (including phenoxy) is 4. The van der Waals surface area contributed by atoms with Crippen molar-refractivity contribution in [2.75, 3.05) is 39.6 Å². The highest BCUT2D eigenvalue weighted by Gasteiger charge is 2.30. The molecule has 90 heavy (non-hydrogen) atoms. The maximum Gasteiger partial charge on any atom is 0.472 e. The molecule has 0 spiro atoms. The number of rotatable bonds is 68. The fourth-order valence-corrected chi connectivity index (χ4v) is 12.2. The summed E-state index contributed by atoms with van der Waals surface area (Å²) in [6, 6.07) is 0. The Bertz CT molecular complexity index is 1780. The van der Waals surface area contributed by atoms with E-state index in [2.05, 4.69) is 55.4 Å². The van der Waals surface area contributed by atoms with Crippen LogP contribution >= 0.6 is 15.6 Å². The van der Waals surface area contributed by atoms with Crippen molar-refractivity contribution in [3.63, 3.8) is 0 Å². The summed E-state index contributed by atoms with van der Waals surface area (Å²) < 4.78 is 68.3. The van der Waals surface area contributed by atoms with E-state index in [0.29, 0.717) is 25.7 Å². The molecule has 4 unspecified atom stereocenters. The first kappa shape index (κ1) is 88.1. The number of unbranched alkanes of at least 4 members (excludes halogenated alkanes) is 33. The van der Waals surface area contributed by atoms with Gasteiger partial charge in [0.1, 0.15) is 19.3 Å². The number of phosphoric ester groups is 2. The van der Waals surface area contributed by atoms with Gasteiger partial charge >= 0.3 is 39.5 Å². The van der Waals surface area contributed by atoms with Crippen LogP contribution in [0.2, 0.25) is 0 Å². The molecule has 17 nitrogen and oxygen atoms in total. The van der Waals surface area contributed by atoms with Gasteiger partial charge in [0.15, 0.2) is 12.2 Å². The van der Waals surface area contributed by atoms with Crippen molar-refractivity contribution in [2.24, 2.45) is 23.7 Å². The van der Waals surface area contributed by atoms with Crippen LogP contribution in [0.5, 0.6) is 0 Å². The van der Waals surface area contributed by atoms with Gasteiger partial charge in [0, 0.05) is 25.7 Å². The van der Waals surface area contributed by atoms with E-state index >= 15 is 0 Å². The highest BCUT2D eigenvalue weighted by atomic mass is 31.2. The fraction of sp³-hybridized carbons (Fsp3) is 0.944. The zero-order valence-corrected chi connectivity index (χ0v) is 60.6. The lowest BCUT2D eigenvalue weighted by Crippen LogP contribution is -2.30. The molecule has 19 heteroatoms. The van der Waals surface area contributed by atoms with Gasteiger partial charge in [-0.1, -0.05) is 299 Å². The molecular weight excluding hydrogens is 1190 g/mol. The van der Waals surface area contributed by atoms with Gasteiger partial charge in [-0.15, -0.1) is 0 Å². The number of carbonyl (C=O) groups excluding carboxylic acids is 4. The van der Waals surface area contributed by atoms with Crippen LogP contribution in [-0.4, -0.2) is 96.7 Å². The number of aliphatic hydroxyl groups excluding tert-OH is 1. The van der Waals surface area contributed by atoms with Crippen LogP contribution in [0.15, 0.2) is 0 Å². The molecule has 0 radical (unpaired) electrons. The second-order valence-electron chi connectivity index (χ2n) is 27.3. The quantitative estimate of drug-likeness (QED) is 0.0222. The molecule has 0 aromatic heterocycles. The number of aliphatic hydroxyl groups is 1. The summed E-state index contributed by atoms with van der Waals surface area (Å²) in [4.78, 5) is 72.6. The molecule has 534 valence electrons. The summed E-state index contributed by atoms with van der Waals surface area (Å²) in [6.45, 7) is 14.1. The second-order valence-corrected chi connectivity index (χ2v) is 30.2. The molecule has 0 aromatic rings. The Balaban J connectivity index is 5.24. The molecule has 0 heterocycles. The first-order valence-electron chi connectivity index (χ1n) is 36.7. The van der Waals surface area contributed by atoms with Gasteiger partial charge in [-0.05, 0) is 49.4 Å². The molecule has 0 aliphatic carbocycles. The number of phosphoric acid groups is 2. The molecule has 6 atom stereocenters. The van der Waals surface area contributed by atoms with Crippen molar-refractivity contribution in [3.05, 3.63) is 0 Å². The van der Waals surface area contributed by atoms with Crippen molar-refractivity contribution in [1.82, 2.24) is 0 Å². The molecule has 3 N–H and O–H groups in total. The maximum atomic E-state index is 13.0. The Morgan fingerprint density at radius 2 is 0.533 bits per heavy atom. The third-order valence-corrected chi connectivity index (χ3v) is 18.6. The number of esters is 4. The third kappa shape index (κ3) is 63.5. The first-order valence-corrected chi connectivity index (χ1v) is 39.7. The van der Waals surface area contributed by atoms with E-state index in [-0.39, 0.29) is 25.7 Å². The predicted octanol–water partition coefficient (Wildman–Crippen LogP) is 20.1. The van der Waals surface area contributed by atoms with Crippen LogP contribution in [-0.2, 0) is 65.4 Å². The lowest BCUT2D eigenvalue weighted by Gasteiger charge is -2.21. The topological polar surface area (TPSA) is 237 Å². The summed E-state index contributed by atoms with van der Waals surface area (Å²) in [5.41, 5.74) is 0.